The van der Waals surface area contributed by atoms with Gasteiger partial charge in [0, 0.05) is 18.0 Å². The molecule has 0 radical (unpaired) electrons. The lowest BCUT2D eigenvalue weighted by atomic mass is 9.81. The zero-order valence-electron chi connectivity index (χ0n) is 7.70. The van der Waals surface area contributed by atoms with Gasteiger partial charge in [-0.15, -0.1) is 0 Å². The molecule has 1 spiro atoms. The molecule has 13 heavy (non-hydrogen) atoms. The first-order valence-corrected chi connectivity index (χ1v) is 4.82. The van der Waals surface area contributed by atoms with E-state index in [1.54, 1.807) is 0 Å². The van der Waals surface area contributed by atoms with Gasteiger partial charge in [-0.05, 0) is 19.8 Å². The van der Waals surface area contributed by atoms with Gasteiger partial charge in [-0.1, -0.05) is 0 Å². The van der Waals surface area contributed by atoms with E-state index in [1.165, 1.54) is 6.92 Å². The Labute approximate surface area is 77.0 Å². The molecular weight excluding hydrogens is 173 g/mol. The minimum atomic E-state index is -1.07. The first-order valence-electron chi connectivity index (χ1n) is 4.82. The first kappa shape index (κ1) is 9.37. The second-order valence-corrected chi connectivity index (χ2v) is 4.30. The summed E-state index contributed by atoms with van der Waals surface area (Å²) in [5, 5.41) is 22.2. The van der Waals surface area contributed by atoms with Crippen molar-refractivity contribution in [1.29, 1.82) is 0 Å². The molecule has 2 fully saturated rings. The highest BCUT2D eigenvalue weighted by molar-refractivity contribution is 5.14. The van der Waals surface area contributed by atoms with Gasteiger partial charge in [0.15, 0.2) is 0 Å². The van der Waals surface area contributed by atoms with Crippen LogP contribution in [-0.4, -0.2) is 40.7 Å². The van der Waals surface area contributed by atoms with E-state index in [0.29, 0.717) is 6.54 Å². The highest BCUT2D eigenvalue weighted by Gasteiger charge is 2.57. The van der Waals surface area contributed by atoms with Crippen LogP contribution in [0.25, 0.3) is 0 Å². The average Bonchev–Trinajstić information content (AvgIpc) is 2.79. The van der Waals surface area contributed by atoms with Crippen LogP contribution in [0.3, 0.4) is 0 Å². The summed E-state index contributed by atoms with van der Waals surface area (Å²) < 4.78 is 13.2. The van der Waals surface area contributed by atoms with Gasteiger partial charge in [0.1, 0.15) is 6.17 Å². The van der Waals surface area contributed by atoms with E-state index in [0.717, 1.165) is 12.8 Å². The summed E-state index contributed by atoms with van der Waals surface area (Å²) >= 11 is 0. The Morgan fingerprint density at radius 2 is 2.08 bits per heavy atom. The molecule has 0 aromatic carbocycles. The van der Waals surface area contributed by atoms with Crippen molar-refractivity contribution in [2.24, 2.45) is 5.92 Å². The summed E-state index contributed by atoms with van der Waals surface area (Å²) in [6.45, 7) is 1.83. The number of β-amino-alcohol motifs (C(OH)–C–C–N with tert-alkyl or cyclic N) is 1. The molecule has 2 rings (SSSR count). The molecule has 3 N–H and O–H groups in total. The predicted molar refractivity (Wildman–Crippen MR) is 46.0 cm³/mol. The second kappa shape index (κ2) is 2.90. The van der Waals surface area contributed by atoms with Crippen molar-refractivity contribution in [3.8, 4) is 0 Å². The van der Waals surface area contributed by atoms with Crippen molar-refractivity contribution in [1.82, 2.24) is 5.32 Å². The molecule has 0 bridgehead atoms. The SMILES string of the molecule is C[C@@H](F)[C@@H]1[C@@H](O)[C@H](O)CNC12CC2. The summed E-state index contributed by atoms with van der Waals surface area (Å²) in [6.07, 6.45) is -0.982. The summed E-state index contributed by atoms with van der Waals surface area (Å²) in [6, 6.07) is 0. The molecule has 3 nitrogen and oxygen atoms in total. The number of alkyl halides is 1. The summed E-state index contributed by atoms with van der Waals surface area (Å²) in [7, 11) is 0. The number of aliphatic hydroxyl groups is 2. The Kier molecular flexibility index (Phi) is 2.09. The summed E-state index contributed by atoms with van der Waals surface area (Å²) in [4.78, 5) is 0. The van der Waals surface area contributed by atoms with E-state index >= 15 is 0 Å². The molecule has 0 aromatic heterocycles. The lowest BCUT2D eigenvalue weighted by Gasteiger charge is -2.40. The van der Waals surface area contributed by atoms with E-state index in [1.807, 2.05) is 0 Å². The van der Waals surface area contributed by atoms with Crippen LogP contribution in [0.4, 0.5) is 4.39 Å². The Morgan fingerprint density at radius 3 is 2.54 bits per heavy atom. The van der Waals surface area contributed by atoms with Crippen LogP contribution in [0.1, 0.15) is 19.8 Å². The maximum absolute atomic E-state index is 13.2. The van der Waals surface area contributed by atoms with Gasteiger partial charge in [-0.25, -0.2) is 4.39 Å². The Balaban J connectivity index is 2.16. The molecule has 76 valence electrons. The van der Waals surface area contributed by atoms with Gasteiger partial charge < -0.3 is 15.5 Å². The van der Waals surface area contributed by atoms with Gasteiger partial charge in [0.05, 0.1) is 12.2 Å². The molecule has 0 amide bonds. The van der Waals surface area contributed by atoms with Crippen LogP contribution in [0, 0.1) is 5.92 Å². The molecule has 2 aliphatic rings. The number of halogens is 1. The number of piperidine rings is 1. The summed E-state index contributed by atoms with van der Waals surface area (Å²) in [5.41, 5.74) is -0.215. The van der Waals surface area contributed by atoms with Gasteiger partial charge in [0.25, 0.3) is 0 Å². The fourth-order valence-corrected chi connectivity index (χ4v) is 2.47. The van der Waals surface area contributed by atoms with E-state index in [2.05, 4.69) is 5.32 Å². The third kappa shape index (κ3) is 1.37. The maximum atomic E-state index is 13.2. The molecule has 0 aromatic rings. The molecule has 4 heteroatoms. The van der Waals surface area contributed by atoms with Crippen molar-refractivity contribution >= 4 is 0 Å². The molecule has 1 aliphatic heterocycles. The van der Waals surface area contributed by atoms with Gasteiger partial charge in [-0.3, -0.25) is 0 Å². The average molecular weight is 189 g/mol. The second-order valence-electron chi connectivity index (χ2n) is 4.30. The molecule has 1 heterocycles. The zero-order valence-corrected chi connectivity index (χ0v) is 7.70. The number of nitrogens with one attached hydrogen (secondary N) is 1. The highest BCUT2D eigenvalue weighted by Crippen LogP contribution is 2.48. The Bertz CT molecular complexity index is 206. The minimum Gasteiger partial charge on any atom is -0.390 e. The third-order valence-corrected chi connectivity index (χ3v) is 3.35. The zero-order chi connectivity index (χ0) is 9.64. The van der Waals surface area contributed by atoms with Crippen LogP contribution < -0.4 is 5.32 Å². The van der Waals surface area contributed by atoms with Crippen LogP contribution >= 0.6 is 0 Å². The van der Waals surface area contributed by atoms with E-state index in [9.17, 15) is 14.6 Å². The largest absolute Gasteiger partial charge is 0.390 e. The highest BCUT2D eigenvalue weighted by atomic mass is 19.1. The van der Waals surface area contributed by atoms with Crippen LogP contribution in [-0.2, 0) is 0 Å². The van der Waals surface area contributed by atoms with Gasteiger partial charge in [-0.2, -0.15) is 0 Å². The Hall–Kier alpha value is -0.190. The van der Waals surface area contributed by atoms with Crippen LogP contribution in [0.5, 0.6) is 0 Å². The van der Waals surface area contributed by atoms with Crippen LogP contribution in [0.15, 0.2) is 0 Å². The van der Waals surface area contributed by atoms with E-state index < -0.39 is 24.3 Å². The van der Waals surface area contributed by atoms with Gasteiger partial charge >= 0.3 is 0 Å². The number of rotatable bonds is 1. The smallest absolute Gasteiger partial charge is 0.104 e. The van der Waals surface area contributed by atoms with Gasteiger partial charge in [0.2, 0.25) is 0 Å². The minimum absolute atomic E-state index is 0.215. The summed E-state index contributed by atoms with van der Waals surface area (Å²) in [5.74, 6) is -0.448. The fraction of sp³-hybridized carbons (Fsp3) is 1.00. The third-order valence-electron chi connectivity index (χ3n) is 3.35. The molecule has 0 unspecified atom stereocenters. The molecule has 1 saturated carbocycles. The number of aliphatic hydroxyl groups excluding tert-OH is 2. The van der Waals surface area contributed by atoms with Crippen molar-refractivity contribution < 1.29 is 14.6 Å². The monoisotopic (exact) mass is 189 g/mol. The van der Waals surface area contributed by atoms with Crippen molar-refractivity contribution in [2.75, 3.05) is 6.54 Å². The standard InChI is InChI=1S/C9H16FNO2/c1-5(10)7-8(13)6(12)4-11-9(7)2-3-9/h5-8,11-13H,2-4H2,1H3/t5-,6-,7-,8+/m1/s1. The molecular formula is C9H16FNO2. The van der Waals surface area contributed by atoms with Crippen molar-refractivity contribution in [3.63, 3.8) is 0 Å². The van der Waals surface area contributed by atoms with Crippen molar-refractivity contribution in [2.45, 2.75) is 43.7 Å². The lowest BCUT2D eigenvalue weighted by Crippen LogP contribution is -2.60. The quantitative estimate of drug-likeness (QED) is 0.536. The molecule has 4 atom stereocenters. The maximum Gasteiger partial charge on any atom is 0.104 e. The Morgan fingerprint density at radius 1 is 1.46 bits per heavy atom. The number of hydrogen-bond donors (Lipinski definition) is 3. The normalized spacial score (nSPS) is 44.8. The molecule has 1 aliphatic carbocycles. The van der Waals surface area contributed by atoms with E-state index in [4.69, 9.17) is 0 Å². The first-order chi connectivity index (χ1) is 6.07. The molecule has 1 saturated heterocycles. The van der Waals surface area contributed by atoms with E-state index in [-0.39, 0.29) is 5.54 Å². The number of hydrogen-bond acceptors (Lipinski definition) is 3. The topological polar surface area (TPSA) is 52.5 Å². The van der Waals surface area contributed by atoms with Crippen LogP contribution in [0.2, 0.25) is 0 Å². The fourth-order valence-electron chi connectivity index (χ4n) is 2.47. The van der Waals surface area contributed by atoms with Crippen molar-refractivity contribution in [3.05, 3.63) is 0 Å². The predicted octanol–water partition coefficient (Wildman–Crippen LogP) is -0.182. The lowest BCUT2D eigenvalue weighted by molar-refractivity contribution is -0.0782.